The number of hydrogen-bond donors (Lipinski definition) is 0. The quantitative estimate of drug-likeness (QED) is 0.730. The van der Waals surface area contributed by atoms with Gasteiger partial charge < -0.3 is 9.30 Å². The summed E-state index contributed by atoms with van der Waals surface area (Å²) < 4.78 is 20.6. The highest BCUT2D eigenvalue weighted by Gasteiger charge is 2.19. The Morgan fingerprint density at radius 2 is 2.17 bits per heavy atom. The van der Waals surface area contributed by atoms with Gasteiger partial charge in [-0.2, -0.15) is 0 Å². The Bertz CT molecular complexity index is 790. The fourth-order valence-electron chi connectivity index (χ4n) is 2.79. The lowest BCUT2D eigenvalue weighted by atomic mass is 10.1. The number of nitrogens with zero attached hydrogens (tertiary/aromatic N) is 3. The molecule has 0 unspecified atom stereocenters. The molecule has 4 nitrogen and oxygen atoms in total. The lowest BCUT2D eigenvalue weighted by Gasteiger charge is -2.10. The molecule has 3 aromatic rings. The molecule has 0 bridgehead atoms. The lowest BCUT2D eigenvalue weighted by Crippen LogP contribution is -2.10. The van der Waals surface area contributed by atoms with Crippen LogP contribution >= 0.6 is 11.3 Å². The van der Waals surface area contributed by atoms with Gasteiger partial charge in [-0.1, -0.05) is 0 Å². The SMILES string of the molecule is Fc1ccc(-c2csc(-c3nccn3C[C@@H]3CCOC3)n2)cc1. The molecular weight excluding hydrogens is 313 g/mol. The van der Waals surface area contributed by atoms with Gasteiger partial charge >= 0.3 is 0 Å². The van der Waals surface area contributed by atoms with Crippen LogP contribution in [0, 0.1) is 11.7 Å². The molecule has 1 aromatic carbocycles. The van der Waals surface area contributed by atoms with E-state index in [2.05, 4.69) is 14.5 Å². The molecule has 1 fully saturated rings. The molecule has 0 spiro atoms. The number of benzene rings is 1. The molecule has 1 aliphatic rings. The zero-order chi connectivity index (χ0) is 15.6. The van der Waals surface area contributed by atoms with E-state index in [0.29, 0.717) is 5.92 Å². The van der Waals surface area contributed by atoms with Gasteiger partial charge in [0.15, 0.2) is 10.8 Å². The average molecular weight is 329 g/mol. The van der Waals surface area contributed by atoms with E-state index >= 15 is 0 Å². The van der Waals surface area contributed by atoms with Crippen molar-refractivity contribution in [1.82, 2.24) is 14.5 Å². The largest absolute Gasteiger partial charge is 0.381 e. The zero-order valence-electron chi connectivity index (χ0n) is 12.5. The van der Waals surface area contributed by atoms with Gasteiger partial charge in [0.25, 0.3) is 0 Å². The highest BCUT2D eigenvalue weighted by Crippen LogP contribution is 2.29. The van der Waals surface area contributed by atoms with Crippen molar-refractivity contribution in [3.63, 3.8) is 0 Å². The Morgan fingerprint density at radius 1 is 1.30 bits per heavy atom. The molecule has 0 amide bonds. The molecule has 0 saturated carbocycles. The van der Waals surface area contributed by atoms with Gasteiger partial charge in [-0.3, -0.25) is 0 Å². The first kappa shape index (κ1) is 14.5. The van der Waals surface area contributed by atoms with Gasteiger partial charge in [-0.05, 0) is 30.7 Å². The van der Waals surface area contributed by atoms with Crippen LogP contribution in [0.15, 0.2) is 42.0 Å². The summed E-state index contributed by atoms with van der Waals surface area (Å²) in [6.07, 6.45) is 4.90. The third kappa shape index (κ3) is 3.04. The fraction of sp³-hybridized carbons (Fsp3) is 0.294. The van der Waals surface area contributed by atoms with Crippen LogP contribution in [0.4, 0.5) is 4.39 Å². The van der Waals surface area contributed by atoms with E-state index in [4.69, 9.17) is 4.74 Å². The van der Waals surface area contributed by atoms with Crippen LogP contribution in [-0.4, -0.2) is 27.7 Å². The summed E-state index contributed by atoms with van der Waals surface area (Å²) >= 11 is 1.56. The van der Waals surface area contributed by atoms with Gasteiger partial charge in [-0.15, -0.1) is 11.3 Å². The van der Waals surface area contributed by atoms with Crippen LogP contribution in [0.3, 0.4) is 0 Å². The van der Waals surface area contributed by atoms with Crippen molar-refractivity contribution in [2.75, 3.05) is 13.2 Å². The molecule has 0 radical (unpaired) electrons. The molecule has 3 heterocycles. The number of imidazole rings is 1. The minimum atomic E-state index is -0.237. The summed E-state index contributed by atoms with van der Waals surface area (Å²) in [7, 11) is 0. The molecular formula is C17H16FN3OS. The summed E-state index contributed by atoms with van der Waals surface area (Å²) in [5.74, 6) is 1.19. The Morgan fingerprint density at radius 3 is 2.96 bits per heavy atom. The van der Waals surface area contributed by atoms with Crippen molar-refractivity contribution in [2.45, 2.75) is 13.0 Å². The van der Waals surface area contributed by atoms with Crippen LogP contribution in [-0.2, 0) is 11.3 Å². The average Bonchev–Trinajstić information content (AvgIpc) is 3.29. The van der Waals surface area contributed by atoms with E-state index in [9.17, 15) is 4.39 Å². The minimum absolute atomic E-state index is 0.237. The van der Waals surface area contributed by atoms with Gasteiger partial charge in [0.2, 0.25) is 0 Å². The summed E-state index contributed by atoms with van der Waals surface area (Å²) in [4.78, 5) is 9.13. The third-order valence-corrected chi connectivity index (χ3v) is 4.87. The summed E-state index contributed by atoms with van der Waals surface area (Å²) in [6.45, 7) is 2.57. The molecule has 23 heavy (non-hydrogen) atoms. The monoisotopic (exact) mass is 329 g/mol. The van der Waals surface area contributed by atoms with Crippen LogP contribution in [0.2, 0.25) is 0 Å². The highest BCUT2D eigenvalue weighted by molar-refractivity contribution is 7.13. The van der Waals surface area contributed by atoms with Gasteiger partial charge in [-0.25, -0.2) is 14.4 Å². The normalized spacial score (nSPS) is 17.7. The molecule has 0 N–H and O–H groups in total. The molecule has 1 aliphatic heterocycles. The van der Waals surface area contributed by atoms with E-state index in [-0.39, 0.29) is 5.82 Å². The molecule has 1 saturated heterocycles. The zero-order valence-corrected chi connectivity index (χ0v) is 13.3. The molecule has 6 heteroatoms. The predicted molar refractivity (Wildman–Crippen MR) is 87.7 cm³/mol. The number of hydrogen-bond acceptors (Lipinski definition) is 4. The summed E-state index contributed by atoms with van der Waals surface area (Å²) in [5.41, 5.74) is 1.76. The number of aromatic nitrogens is 3. The Balaban J connectivity index is 1.59. The second-order valence-electron chi connectivity index (χ2n) is 5.68. The number of halogens is 1. The maximum Gasteiger partial charge on any atom is 0.169 e. The number of rotatable bonds is 4. The standard InChI is InChI=1S/C17H16FN3OS/c18-14-3-1-13(2-4-14)15-11-23-17(20-15)16-19-6-7-21(16)9-12-5-8-22-10-12/h1-4,6-7,11-12H,5,8-10H2/t12-/m0/s1. The molecule has 1 atom stereocenters. The number of ether oxygens (including phenoxy) is 1. The highest BCUT2D eigenvalue weighted by atomic mass is 32.1. The number of thiazole rings is 1. The van der Waals surface area contributed by atoms with E-state index in [1.54, 1.807) is 23.5 Å². The fourth-order valence-corrected chi connectivity index (χ4v) is 3.63. The van der Waals surface area contributed by atoms with E-state index in [0.717, 1.165) is 48.3 Å². The maximum atomic E-state index is 13.0. The van der Waals surface area contributed by atoms with E-state index < -0.39 is 0 Å². The van der Waals surface area contributed by atoms with Crippen molar-refractivity contribution in [3.8, 4) is 22.1 Å². The van der Waals surface area contributed by atoms with Crippen LogP contribution < -0.4 is 0 Å². The first-order valence-electron chi connectivity index (χ1n) is 7.60. The second kappa shape index (κ2) is 6.22. The lowest BCUT2D eigenvalue weighted by molar-refractivity contribution is 0.182. The van der Waals surface area contributed by atoms with Gasteiger partial charge in [0.05, 0.1) is 12.3 Å². The van der Waals surface area contributed by atoms with Crippen molar-refractivity contribution in [1.29, 1.82) is 0 Å². The van der Waals surface area contributed by atoms with Gasteiger partial charge in [0.1, 0.15) is 5.82 Å². The van der Waals surface area contributed by atoms with Crippen LogP contribution in [0.5, 0.6) is 0 Å². The van der Waals surface area contributed by atoms with Crippen molar-refractivity contribution in [2.24, 2.45) is 5.92 Å². The molecule has 4 rings (SSSR count). The first-order chi connectivity index (χ1) is 11.3. The summed E-state index contributed by atoms with van der Waals surface area (Å²) in [5, 5.41) is 2.87. The molecule has 0 aliphatic carbocycles. The van der Waals surface area contributed by atoms with Crippen molar-refractivity contribution < 1.29 is 9.13 Å². The van der Waals surface area contributed by atoms with Crippen molar-refractivity contribution in [3.05, 3.63) is 47.9 Å². The smallest absolute Gasteiger partial charge is 0.169 e. The topological polar surface area (TPSA) is 39.9 Å². The summed E-state index contributed by atoms with van der Waals surface area (Å²) in [6, 6.07) is 6.40. The van der Waals surface area contributed by atoms with Gasteiger partial charge in [0, 0.05) is 42.4 Å². The minimum Gasteiger partial charge on any atom is -0.381 e. The van der Waals surface area contributed by atoms with E-state index in [1.807, 2.05) is 17.8 Å². The van der Waals surface area contributed by atoms with Crippen LogP contribution in [0.25, 0.3) is 22.1 Å². The Hall–Kier alpha value is -2.05. The third-order valence-electron chi connectivity index (χ3n) is 4.03. The molecule has 118 valence electrons. The predicted octanol–water partition coefficient (Wildman–Crippen LogP) is 3.85. The second-order valence-corrected chi connectivity index (χ2v) is 6.54. The van der Waals surface area contributed by atoms with Crippen LogP contribution in [0.1, 0.15) is 6.42 Å². The van der Waals surface area contributed by atoms with E-state index in [1.165, 1.54) is 12.1 Å². The molecule has 2 aromatic heterocycles. The first-order valence-corrected chi connectivity index (χ1v) is 8.48. The Labute approximate surface area is 137 Å². The Kier molecular flexibility index (Phi) is 3.93. The maximum absolute atomic E-state index is 13.0. The van der Waals surface area contributed by atoms with Crippen molar-refractivity contribution >= 4 is 11.3 Å².